The molecule has 2 amide bonds. The molecule has 3 rings (SSSR count). The first-order valence-corrected chi connectivity index (χ1v) is 8.52. The molecule has 1 saturated heterocycles. The van der Waals surface area contributed by atoms with E-state index in [1.165, 1.54) is 31.0 Å². The highest BCUT2D eigenvalue weighted by Gasteiger charge is 2.53. The normalized spacial score (nSPS) is 22.0. The third kappa shape index (κ3) is 3.08. The topological polar surface area (TPSA) is 147 Å². The number of hydrogen-bond donors (Lipinski definition) is 3. The van der Waals surface area contributed by atoms with Crippen molar-refractivity contribution in [1.82, 2.24) is 15.2 Å². The molecule has 11 heteroatoms. The number of oxime groups is 1. The molecule has 10 nitrogen and oxygen atoms in total. The minimum atomic E-state index is -1.18. The molecule has 0 bridgehead atoms. The number of aromatic nitrogens is 1. The lowest BCUT2D eigenvalue weighted by molar-refractivity contribution is -0.150. The summed E-state index contributed by atoms with van der Waals surface area (Å²) in [5, 5.41) is 14.9. The van der Waals surface area contributed by atoms with Crippen LogP contribution in [-0.2, 0) is 19.2 Å². The Hall–Kier alpha value is -3.08. The van der Waals surface area contributed by atoms with Gasteiger partial charge in [0.2, 0.25) is 0 Å². The lowest BCUT2D eigenvalue weighted by atomic mass is 10.0. The molecule has 0 saturated carbocycles. The average molecular weight is 377 g/mol. The number of carboxylic acid groups (broad SMARTS) is 1. The Bertz CT molecular complexity index is 839. The number of carbonyl (C=O) groups excluding carboxylic acids is 2. The number of aliphatic carboxylic acids is 1. The van der Waals surface area contributed by atoms with Gasteiger partial charge in [-0.1, -0.05) is 11.2 Å². The van der Waals surface area contributed by atoms with Crippen LogP contribution in [0.2, 0.25) is 0 Å². The van der Waals surface area contributed by atoms with Gasteiger partial charge in [0.25, 0.3) is 11.8 Å². The van der Waals surface area contributed by atoms with Crippen LogP contribution in [0.1, 0.15) is 5.69 Å². The first kappa shape index (κ1) is 17.7. The zero-order valence-corrected chi connectivity index (χ0v) is 14.4. The molecule has 1 aromatic rings. The molecule has 0 aromatic carbocycles. The lowest BCUT2D eigenvalue weighted by Gasteiger charge is -2.48. The predicted molar refractivity (Wildman–Crippen MR) is 92.9 cm³/mol. The number of rotatable bonds is 5. The van der Waals surface area contributed by atoms with Gasteiger partial charge in [0.05, 0.1) is 0 Å². The van der Waals surface area contributed by atoms with Crippen LogP contribution in [0.3, 0.4) is 0 Å². The van der Waals surface area contributed by atoms with Gasteiger partial charge in [0.1, 0.15) is 35.7 Å². The van der Waals surface area contributed by atoms with Crippen LogP contribution in [0.15, 0.2) is 35.1 Å². The Kier molecular flexibility index (Phi) is 4.80. The van der Waals surface area contributed by atoms with Gasteiger partial charge < -0.3 is 21.0 Å². The molecule has 0 spiro atoms. The highest BCUT2D eigenvalue weighted by atomic mass is 32.2. The van der Waals surface area contributed by atoms with Gasteiger partial charge in [-0.15, -0.1) is 11.8 Å². The Labute approximate surface area is 152 Å². The summed E-state index contributed by atoms with van der Waals surface area (Å²) in [4.78, 5) is 46.0. The summed E-state index contributed by atoms with van der Waals surface area (Å²) >= 11 is 1.36. The molecular weight excluding hydrogens is 362 g/mol. The smallest absolute Gasteiger partial charge is 0.352 e. The molecule has 0 radical (unpaired) electrons. The summed E-state index contributed by atoms with van der Waals surface area (Å²) < 4.78 is 0. The molecule has 0 aliphatic carbocycles. The van der Waals surface area contributed by atoms with Gasteiger partial charge >= 0.3 is 5.97 Å². The van der Waals surface area contributed by atoms with E-state index in [1.54, 1.807) is 12.1 Å². The highest BCUT2D eigenvalue weighted by Crippen LogP contribution is 2.37. The molecule has 26 heavy (non-hydrogen) atoms. The molecule has 1 aromatic heterocycles. The zero-order chi connectivity index (χ0) is 18.8. The molecule has 2 aliphatic rings. The highest BCUT2D eigenvalue weighted by molar-refractivity contribution is 8.00. The first-order valence-electron chi connectivity index (χ1n) is 7.47. The van der Waals surface area contributed by atoms with Crippen LogP contribution in [0, 0.1) is 0 Å². The Balaban J connectivity index is 1.77. The number of nitrogens with zero attached hydrogens (tertiary/aromatic N) is 3. The molecule has 2 aliphatic heterocycles. The summed E-state index contributed by atoms with van der Waals surface area (Å²) in [7, 11) is 1.27. The fraction of sp³-hybridized carbons (Fsp3) is 0.267. The Morgan fingerprint density at radius 1 is 1.50 bits per heavy atom. The van der Waals surface area contributed by atoms with Gasteiger partial charge in [-0.25, -0.2) is 9.78 Å². The third-order valence-corrected chi connectivity index (χ3v) is 4.95. The second-order valence-corrected chi connectivity index (χ2v) is 6.50. The second kappa shape index (κ2) is 7.04. The van der Waals surface area contributed by atoms with Crippen molar-refractivity contribution in [3.8, 4) is 0 Å². The fourth-order valence-corrected chi connectivity index (χ4v) is 3.82. The van der Waals surface area contributed by atoms with Crippen molar-refractivity contribution in [2.45, 2.75) is 11.4 Å². The molecule has 136 valence electrons. The second-order valence-electron chi connectivity index (χ2n) is 5.35. The molecule has 1 unspecified atom stereocenters. The van der Waals surface area contributed by atoms with Gasteiger partial charge in [-0.3, -0.25) is 14.5 Å². The molecule has 4 N–H and O–H groups in total. The van der Waals surface area contributed by atoms with Gasteiger partial charge in [0.15, 0.2) is 5.71 Å². The minimum Gasteiger partial charge on any atom is -0.477 e. The average Bonchev–Trinajstić information content (AvgIpc) is 2.62. The van der Waals surface area contributed by atoms with Crippen molar-refractivity contribution in [2.24, 2.45) is 5.16 Å². The predicted octanol–water partition coefficient (Wildman–Crippen LogP) is -0.617. The molecular formula is C15H15N5O5S. The minimum absolute atomic E-state index is 0.0764. The summed E-state index contributed by atoms with van der Waals surface area (Å²) in [6.07, 6.45) is 1.47. The number of nitrogens with two attached hydrogens (primary N) is 1. The van der Waals surface area contributed by atoms with E-state index in [2.05, 4.69) is 15.5 Å². The third-order valence-electron chi connectivity index (χ3n) is 3.76. The molecule has 2 atom stereocenters. The van der Waals surface area contributed by atoms with Gasteiger partial charge in [0, 0.05) is 5.75 Å². The number of anilines is 1. The van der Waals surface area contributed by atoms with Gasteiger partial charge in [-0.2, -0.15) is 0 Å². The van der Waals surface area contributed by atoms with Crippen molar-refractivity contribution < 1.29 is 24.3 Å². The van der Waals surface area contributed by atoms with E-state index in [0.717, 1.165) is 4.90 Å². The SMILES string of the molecule is CON=C(C(=O)NC1C(=O)N2C(C(=O)O)=CCS[C@@H]12)c1cccc(N)n1. The summed E-state index contributed by atoms with van der Waals surface area (Å²) in [6, 6.07) is 3.83. The number of pyridine rings is 1. The summed E-state index contributed by atoms with van der Waals surface area (Å²) in [5.41, 5.74) is 5.60. The number of carboxylic acids is 1. The van der Waals surface area contributed by atoms with Crippen LogP contribution in [0.4, 0.5) is 5.82 Å². The van der Waals surface area contributed by atoms with Crippen molar-refractivity contribution in [3.05, 3.63) is 35.7 Å². The first-order chi connectivity index (χ1) is 12.4. The quantitative estimate of drug-likeness (QED) is 0.349. The van der Waals surface area contributed by atoms with E-state index in [-0.39, 0.29) is 22.9 Å². The van der Waals surface area contributed by atoms with Crippen molar-refractivity contribution in [2.75, 3.05) is 18.6 Å². The van der Waals surface area contributed by atoms with Crippen molar-refractivity contribution in [3.63, 3.8) is 0 Å². The Morgan fingerprint density at radius 2 is 2.27 bits per heavy atom. The summed E-state index contributed by atoms with van der Waals surface area (Å²) in [5.74, 6) is -1.72. The standard InChI is InChI=1S/C15H15N5O5S/c1-25-19-10(7-3-2-4-9(16)17-7)12(21)18-11-13(22)20-8(15(23)24)5-6-26-14(11)20/h2-5,11,14H,6H2,1H3,(H2,16,17)(H,18,21)(H,23,24)/t11?,14-/m0/s1. The van der Waals surface area contributed by atoms with Crippen LogP contribution in [0.5, 0.6) is 0 Å². The van der Waals surface area contributed by atoms with Crippen LogP contribution >= 0.6 is 11.8 Å². The number of nitrogens with one attached hydrogen (secondary N) is 1. The van der Waals surface area contributed by atoms with Crippen LogP contribution in [-0.4, -0.2) is 62.8 Å². The lowest BCUT2D eigenvalue weighted by Crippen LogP contribution is -2.70. The monoisotopic (exact) mass is 377 g/mol. The van der Waals surface area contributed by atoms with Crippen LogP contribution < -0.4 is 11.1 Å². The summed E-state index contributed by atoms with van der Waals surface area (Å²) in [6.45, 7) is 0. The zero-order valence-electron chi connectivity index (χ0n) is 13.6. The van der Waals surface area contributed by atoms with E-state index in [0.29, 0.717) is 5.75 Å². The number of hydrogen-bond acceptors (Lipinski definition) is 8. The number of thioether (sulfide) groups is 1. The Morgan fingerprint density at radius 3 is 2.92 bits per heavy atom. The maximum Gasteiger partial charge on any atom is 0.352 e. The maximum atomic E-state index is 12.6. The van der Waals surface area contributed by atoms with Crippen LogP contribution in [0.25, 0.3) is 0 Å². The van der Waals surface area contributed by atoms with Gasteiger partial charge in [-0.05, 0) is 18.2 Å². The van der Waals surface area contributed by atoms with E-state index >= 15 is 0 Å². The van der Waals surface area contributed by atoms with E-state index < -0.39 is 29.2 Å². The van der Waals surface area contributed by atoms with E-state index in [9.17, 15) is 14.4 Å². The number of fused-ring (bicyclic) bond motifs is 1. The molecule has 1 fully saturated rings. The van der Waals surface area contributed by atoms with E-state index in [1.807, 2.05) is 0 Å². The number of nitrogen functional groups attached to an aromatic ring is 1. The number of amides is 2. The van der Waals surface area contributed by atoms with Crippen molar-refractivity contribution >= 4 is 41.1 Å². The number of carbonyl (C=O) groups is 3. The van der Waals surface area contributed by atoms with Crippen molar-refractivity contribution in [1.29, 1.82) is 0 Å². The number of β-lactam (4-membered cyclic amide) rings is 1. The van der Waals surface area contributed by atoms with E-state index in [4.69, 9.17) is 15.7 Å². The maximum absolute atomic E-state index is 12.6. The fourth-order valence-electron chi connectivity index (χ4n) is 2.63. The largest absolute Gasteiger partial charge is 0.477 e. The molecule has 3 heterocycles.